The second-order valence-corrected chi connectivity index (χ2v) is 7.42. The predicted octanol–water partition coefficient (Wildman–Crippen LogP) is 2.64. The van der Waals surface area contributed by atoms with Crippen LogP contribution in [0.25, 0.3) is 0 Å². The van der Waals surface area contributed by atoms with Gasteiger partial charge in [-0.1, -0.05) is 19.4 Å². The van der Waals surface area contributed by atoms with Gasteiger partial charge in [0.15, 0.2) is 0 Å². The van der Waals surface area contributed by atoms with Gasteiger partial charge in [0.2, 0.25) is 10.0 Å². The Bertz CT molecular complexity index is 516. The van der Waals surface area contributed by atoms with Crippen molar-refractivity contribution in [2.24, 2.45) is 0 Å². The van der Waals surface area contributed by atoms with Crippen LogP contribution >= 0.6 is 11.8 Å². The van der Waals surface area contributed by atoms with Crippen LogP contribution < -0.4 is 10.5 Å². The van der Waals surface area contributed by atoms with E-state index in [1.165, 1.54) is 6.07 Å². The minimum absolute atomic E-state index is 0.247. The Hall–Kier alpha value is -0.720. The first kappa shape index (κ1) is 17.3. The molecule has 0 heterocycles. The van der Waals surface area contributed by atoms with E-state index in [4.69, 9.17) is 5.73 Å². The summed E-state index contributed by atoms with van der Waals surface area (Å²) < 4.78 is 26.8. The van der Waals surface area contributed by atoms with Gasteiger partial charge in [0.25, 0.3) is 0 Å². The lowest BCUT2D eigenvalue weighted by Crippen LogP contribution is -2.25. The molecule has 4 nitrogen and oxygen atoms in total. The highest BCUT2D eigenvalue weighted by Crippen LogP contribution is 2.18. The van der Waals surface area contributed by atoms with Gasteiger partial charge >= 0.3 is 0 Å². The van der Waals surface area contributed by atoms with Gasteiger partial charge in [-0.3, -0.25) is 0 Å². The quantitative estimate of drug-likeness (QED) is 0.543. The largest absolute Gasteiger partial charge is 0.398 e. The van der Waals surface area contributed by atoms with E-state index < -0.39 is 10.0 Å². The monoisotopic (exact) mass is 316 g/mol. The fourth-order valence-corrected chi connectivity index (χ4v) is 3.50. The molecule has 3 N–H and O–H groups in total. The number of rotatable bonds is 9. The van der Waals surface area contributed by atoms with E-state index in [1.807, 2.05) is 18.7 Å². The van der Waals surface area contributed by atoms with E-state index >= 15 is 0 Å². The van der Waals surface area contributed by atoms with Crippen molar-refractivity contribution in [3.8, 4) is 0 Å². The third-order valence-electron chi connectivity index (χ3n) is 3.13. The number of anilines is 1. The molecule has 0 spiro atoms. The van der Waals surface area contributed by atoms with Crippen LogP contribution in [-0.2, 0) is 16.4 Å². The molecule has 0 aliphatic rings. The van der Waals surface area contributed by atoms with Crippen LogP contribution in [0.5, 0.6) is 0 Å². The molecule has 6 heteroatoms. The summed E-state index contributed by atoms with van der Waals surface area (Å²) in [5.41, 5.74) is 7.35. The summed E-state index contributed by atoms with van der Waals surface area (Å²) >= 11 is 1.81. The molecule has 0 saturated heterocycles. The van der Waals surface area contributed by atoms with Crippen molar-refractivity contribution in [1.82, 2.24) is 4.72 Å². The first-order valence-electron chi connectivity index (χ1n) is 6.88. The van der Waals surface area contributed by atoms with Crippen LogP contribution in [-0.4, -0.2) is 27.0 Å². The maximum atomic E-state index is 12.1. The molecular weight excluding hydrogens is 292 g/mol. The second-order valence-electron chi connectivity index (χ2n) is 4.67. The molecule has 0 aromatic heterocycles. The maximum absolute atomic E-state index is 12.1. The fourth-order valence-electron chi connectivity index (χ4n) is 1.90. The van der Waals surface area contributed by atoms with Gasteiger partial charge in [0, 0.05) is 12.2 Å². The highest BCUT2D eigenvalue weighted by molar-refractivity contribution is 7.98. The summed E-state index contributed by atoms with van der Waals surface area (Å²) in [6.45, 7) is 2.47. The Labute approximate surface area is 126 Å². The average Bonchev–Trinajstić information content (AvgIpc) is 2.42. The third-order valence-corrected chi connectivity index (χ3v) is 5.28. The predicted molar refractivity (Wildman–Crippen MR) is 87.7 cm³/mol. The van der Waals surface area contributed by atoms with Crippen LogP contribution in [0.15, 0.2) is 23.1 Å². The Morgan fingerprint density at radius 3 is 2.60 bits per heavy atom. The molecule has 0 aliphatic carbocycles. The Balaban J connectivity index is 2.54. The van der Waals surface area contributed by atoms with E-state index in [2.05, 4.69) is 11.0 Å². The lowest BCUT2D eigenvalue weighted by atomic mass is 10.1. The zero-order valence-corrected chi connectivity index (χ0v) is 13.8. The number of unbranched alkanes of at least 4 members (excludes halogenated alkanes) is 2. The molecule has 0 unspecified atom stereocenters. The first-order chi connectivity index (χ1) is 9.51. The molecule has 0 aliphatic heterocycles. The van der Waals surface area contributed by atoms with Gasteiger partial charge in [0.05, 0.1) is 4.90 Å². The number of hydrogen-bond donors (Lipinski definition) is 2. The summed E-state index contributed by atoms with van der Waals surface area (Å²) in [6.07, 6.45) is 5.91. The summed E-state index contributed by atoms with van der Waals surface area (Å²) in [4.78, 5) is 0.247. The van der Waals surface area contributed by atoms with E-state index in [1.54, 1.807) is 12.1 Å². The first-order valence-corrected chi connectivity index (χ1v) is 9.76. The van der Waals surface area contributed by atoms with Crippen LogP contribution in [0.3, 0.4) is 0 Å². The van der Waals surface area contributed by atoms with Crippen LogP contribution in [0, 0.1) is 0 Å². The molecule has 0 saturated carbocycles. The van der Waals surface area contributed by atoms with Gasteiger partial charge in [-0.25, -0.2) is 13.1 Å². The zero-order chi connectivity index (χ0) is 15.0. The number of aryl methyl sites for hydroxylation is 1. The fraction of sp³-hybridized carbons (Fsp3) is 0.571. The molecule has 0 fully saturated rings. The molecule has 114 valence electrons. The van der Waals surface area contributed by atoms with Gasteiger partial charge < -0.3 is 5.73 Å². The van der Waals surface area contributed by atoms with Crippen molar-refractivity contribution in [2.75, 3.05) is 24.3 Å². The minimum atomic E-state index is -3.44. The average molecular weight is 316 g/mol. The SMILES string of the molecule is CCc1ccc(S(=O)(=O)NCCCCCSC)cc1N. The minimum Gasteiger partial charge on any atom is -0.398 e. The summed E-state index contributed by atoms with van der Waals surface area (Å²) in [6, 6.07) is 4.93. The molecule has 0 radical (unpaired) electrons. The second kappa shape index (κ2) is 8.54. The van der Waals surface area contributed by atoms with E-state index in [0.717, 1.165) is 37.0 Å². The van der Waals surface area contributed by atoms with Crippen molar-refractivity contribution in [1.29, 1.82) is 0 Å². The topological polar surface area (TPSA) is 72.2 Å². The van der Waals surface area contributed by atoms with E-state index in [9.17, 15) is 8.42 Å². The summed E-state index contributed by atoms with van der Waals surface area (Å²) in [5.74, 6) is 1.13. The smallest absolute Gasteiger partial charge is 0.240 e. The van der Waals surface area contributed by atoms with E-state index in [-0.39, 0.29) is 4.90 Å². The molecule has 0 amide bonds. The molecule has 20 heavy (non-hydrogen) atoms. The van der Waals surface area contributed by atoms with Crippen LogP contribution in [0.2, 0.25) is 0 Å². The van der Waals surface area contributed by atoms with Crippen molar-refractivity contribution in [3.05, 3.63) is 23.8 Å². The normalized spacial score (nSPS) is 11.7. The van der Waals surface area contributed by atoms with E-state index in [0.29, 0.717) is 12.2 Å². The lowest BCUT2D eigenvalue weighted by molar-refractivity contribution is 0.576. The highest BCUT2D eigenvalue weighted by Gasteiger charge is 2.14. The van der Waals surface area contributed by atoms with Crippen LogP contribution in [0.1, 0.15) is 31.7 Å². The van der Waals surface area contributed by atoms with Crippen molar-refractivity contribution < 1.29 is 8.42 Å². The summed E-state index contributed by atoms with van der Waals surface area (Å²) in [7, 11) is -3.44. The van der Waals surface area contributed by atoms with Crippen LogP contribution in [0.4, 0.5) is 5.69 Å². The molecule has 1 aromatic rings. The molecule has 1 rings (SSSR count). The number of nitrogens with two attached hydrogens (primary N) is 1. The molecular formula is C14H24N2O2S2. The number of sulfonamides is 1. The zero-order valence-electron chi connectivity index (χ0n) is 12.2. The van der Waals surface area contributed by atoms with Gasteiger partial charge in [-0.2, -0.15) is 11.8 Å². The number of nitrogens with one attached hydrogen (secondary N) is 1. The number of benzene rings is 1. The molecule has 0 bridgehead atoms. The number of nitrogen functional groups attached to an aromatic ring is 1. The third kappa shape index (κ3) is 5.34. The Kier molecular flexibility index (Phi) is 7.40. The van der Waals surface area contributed by atoms with Crippen molar-refractivity contribution in [2.45, 2.75) is 37.5 Å². The lowest BCUT2D eigenvalue weighted by Gasteiger charge is -2.09. The Morgan fingerprint density at radius 2 is 2.00 bits per heavy atom. The summed E-state index contributed by atoms with van der Waals surface area (Å²) in [5, 5.41) is 0. The van der Waals surface area contributed by atoms with Gasteiger partial charge in [-0.15, -0.1) is 0 Å². The molecule has 0 atom stereocenters. The highest BCUT2D eigenvalue weighted by atomic mass is 32.2. The van der Waals surface area contributed by atoms with Gasteiger partial charge in [0.1, 0.15) is 0 Å². The number of hydrogen-bond acceptors (Lipinski definition) is 4. The van der Waals surface area contributed by atoms with Crippen molar-refractivity contribution in [3.63, 3.8) is 0 Å². The number of thioether (sulfide) groups is 1. The van der Waals surface area contributed by atoms with Crippen molar-refractivity contribution >= 4 is 27.5 Å². The standard InChI is InChI=1S/C14H24N2O2S2/c1-3-12-7-8-13(11-14(12)15)20(17,18)16-9-5-4-6-10-19-2/h7-8,11,16H,3-6,9-10,15H2,1-2H3. The van der Waals surface area contributed by atoms with Gasteiger partial charge in [-0.05, 0) is 49.0 Å². The molecule has 1 aromatic carbocycles. The maximum Gasteiger partial charge on any atom is 0.240 e. The Morgan fingerprint density at radius 1 is 1.25 bits per heavy atom.